The van der Waals surface area contributed by atoms with Crippen molar-refractivity contribution in [1.29, 1.82) is 0 Å². The second-order valence-corrected chi connectivity index (χ2v) is 9.38. The summed E-state index contributed by atoms with van der Waals surface area (Å²) in [4.78, 5) is 4.63. The van der Waals surface area contributed by atoms with Gasteiger partial charge in [-0.2, -0.15) is 0 Å². The minimum absolute atomic E-state index is 0.268. The highest BCUT2D eigenvalue weighted by atomic mass is 19.4. The van der Waals surface area contributed by atoms with E-state index in [9.17, 15) is 13.2 Å². The molecule has 0 aliphatic rings. The highest BCUT2D eigenvalue weighted by molar-refractivity contribution is 5.88. The number of aryl methyl sites for hydroxylation is 3. The van der Waals surface area contributed by atoms with Crippen LogP contribution >= 0.6 is 0 Å². The molecule has 0 atom stereocenters. The van der Waals surface area contributed by atoms with Gasteiger partial charge in [0.15, 0.2) is 0 Å². The molecule has 2 nitrogen and oxygen atoms in total. The molecule has 0 amide bonds. The first-order valence-corrected chi connectivity index (χ1v) is 12.8. The van der Waals surface area contributed by atoms with E-state index in [2.05, 4.69) is 22.7 Å². The topological polar surface area (TPSA) is 22.1 Å². The van der Waals surface area contributed by atoms with Gasteiger partial charge in [-0.1, -0.05) is 75.1 Å². The van der Waals surface area contributed by atoms with Crippen LogP contribution in [-0.2, 0) is 19.3 Å². The lowest BCUT2D eigenvalue weighted by atomic mass is 9.98. The molecule has 0 aliphatic heterocycles. The Hall–Kier alpha value is -3.41. The fourth-order valence-electron chi connectivity index (χ4n) is 4.50. The Kier molecular flexibility index (Phi) is 8.80. The standard InChI is InChI=1S/C31H31F4NO/c1-2-3-4-5-6-7-23-11-19-29(36-21-23)26-15-18-28-25(20-26)14-13-24(30(28)32)12-8-22-9-16-27(17-10-22)37-31(33,34)35/h9-11,13-21H,2-8,12H2,1H3. The Bertz CT molecular complexity index is 1300. The minimum atomic E-state index is -4.72. The third-order valence-electron chi connectivity index (χ3n) is 6.56. The first kappa shape index (κ1) is 26.6. The number of halogens is 4. The monoisotopic (exact) mass is 509 g/mol. The van der Waals surface area contributed by atoms with Crippen LogP contribution in [0.4, 0.5) is 17.6 Å². The van der Waals surface area contributed by atoms with Crippen molar-refractivity contribution in [1.82, 2.24) is 4.98 Å². The number of nitrogens with zero attached hydrogens (tertiary/aromatic N) is 1. The molecule has 0 saturated carbocycles. The van der Waals surface area contributed by atoms with Gasteiger partial charge in [0.25, 0.3) is 0 Å². The zero-order valence-electron chi connectivity index (χ0n) is 21.0. The van der Waals surface area contributed by atoms with Gasteiger partial charge in [0.05, 0.1) is 5.69 Å². The predicted molar refractivity (Wildman–Crippen MR) is 140 cm³/mol. The van der Waals surface area contributed by atoms with Crippen LogP contribution in [-0.4, -0.2) is 11.3 Å². The van der Waals surface area contributed by atoms with Crippen LogP contribution in [0.1, 0.15) is 55.7 Å². The quantitative estimate of drug-likeness (QED) is 0.148. The molecule has 4 rings (SSSR count). The molecule has 1 heterocycles. The number of fused-ring (bicyclic) bond motifs is 1. The summed E-state index contributed by atoms with van der Waals surface area (Å²) in [6.07, 6.45) is 5.43. The van der Waals surface area contributed by atoms with Gasteiger partial charge in [-0.05, 0) is 72.0 Å². The molecular weight excluding hydrogens is 478 g/mol. The Balaban J connectivity index is 1.39. The summed E-state index contributed by atoms with van der Waals surface area (Å²) in [5, 5.41) is 1.34. The number of rotatable bonds is 11. The third-order valence-corrected chi connectivity index (χ3v) is 6.56. The predicted octanol–water partition coefficient (Wildman–Crippen LogP) is 9.24. The molecule has 0 spiro atoms. The van der Waals surface area contributed by atoms with Gasteiger partial charge in [0.2, 0.25) is 0 Å². The van der Waals surface area contributed by atoms with Crippen molar-refractivity contribution < 1.29 is 22.3 Å². The van der Waals surface area contributed by atoms with Crippen LogP contribution in [0.3, 0.4) is 0 Å². The van der Waals surface area contributed by atoms with Crippen LogP contribution in [0.15, 0.2) is 72.9 Å². The number of unbranched alkanes of at least 4 members (excludes halogenated alkanes) is 4. The van der Waals surface area contributed by atoms with Crippen molar-refractivity contribution in [2.75, 3.05) is 0 Å². The number of alkyl halides is 3. The largest absolute Gasteiger partial charge is 0.573 e. The Morgan fingerprint density at radius 1 is 0.757 bits per heavy atom. The molecule has 0 radical (unpaired) electrons. The van der Waals surface area contributed by atoms with Gasteiger partial charge < -0.3 is 4.74 Å². The lowest BCUT2D eigenvalue weighted by molar-refractivity contribution is -0.274. The van der Waals surface area contributed by atoms with E-state index in [4.69, 9.17) is 0 Å². The van der Waals surface area contributed by atoms with Crippen molar-refractivity contribution in [2.45, 2.75) is 64.7 Å². The molecule has 0 unspecified atom stereocenters. The van der Waals surface area contributed by atoms with E-state index in [1.165, 1.54) is 49.8 Å². The Morgan fingerprint density at radius 2 is 1.51 bits per heavy atom. The molecule has 0 N–H and O–H groups in total. The molecule has 6 heteroatoms. The molecule has 194 valence electrons. The van der Waals surface area contributed by atoms with E-state index in [-0.39, 0.29) is 11.6 Å². The average Bonchev–Trinajstić information content (AvgIpc) is 2.88. The van der Waals surface area contributed by atoms with E-state index in [0.29, 0.717) is 23.8 Å². The molecule has 0 aliphatic carbocycles. The van der Waals surface area contributed by atoms with Crippen molar-refractivity contribution in [3.05, 3.63) is 95.4 Å². The molecule has 37 heavy (non-hydrogen) atoms. The number of aromatic nitrogens is 1. The lowest BCUT2D eigenvalue weighted by Gasteiger charge is -2.10. The second kappa shape index (κ2) is 12.2. The van der Waals surface area contributed by atoms with E-state index >= 15 is 4.39 Å². The first-order valence-electron chi connectivity index (χ1n) is 12.8. The summed E-state index contributed by atoms with van der Waals surface area (Å²) in [6.45, 7) is 2.22. The van der Waals surface area contributed by atoms with Crippen molar-refractivity contribution in [2.24, 2.45) is 0 Å². The van der Waals surface area contributed by atoms with Gasteiger partial charge in [-0.3, -0.25) is 4.98 Å². The molecule has 4 aromatic rings. The summed E-state index contributed by atoms with van der Waals surface area (Å²) in [5.74, 6) is -0.539. The van der Waals surface area contributed by atoms with Crippen LogP contribution < -0.4 is 4.74 Å². The highest BCUT2D eigenvalue weighted by Gasteiger charge is 2.30. The van der Waals surface area contributed by atoms with Gasteiger partial charge in [-0.15, -0.1) is 13.2 Å². The lowest BCUT2D eigenvalue weighted by Crippen LogP contribution is -2.17. The van der Waals surface area contributed by atoms with E-state index in [1.807, 2.05) is 30.5 Å². The fraction of sp³-hybridized carbons (Fsp3) is 0.323. The maximum atomic E-state index is 15.2. The first-order chi connectivity index (χ1) is 17.8. The smallest absolute Gasteiger partial charge is 0.406 e. The van der Waals surface area contributed by atoms with Crippen molar-refractivity contribution in [3.8, 4) is 17.0 Å². The van der Waals surface area contributed by atoms with Gasteiger partial charge in [0.1, 0.15) is 11.6 Å². The summed E-state index contributed by atoms with van der Waals surface area (Å²) in [6, 6.07) is 19.1. The number of benzene rings is 3. The van der Waals surface area contributed by atoms with Crippen molar-refractivity contribution >= 4 is 10.8 Å². The average molecular weight is 510 g/mol. The second-order valence-electron chi connectivity index (χ2n) is 9.38. The fourth-order valence-corrected chi connectivity index (χ4v) is 4.50. The Labute approximate surface area is 215 Å². The van der Waals surface area contributed by atoms with Gasteiger partial charge in [-0.25, -0.2) is 4.39 Å². The third kappa shape index (κ3) is 7.54. The highest BCUT2D eigenvalue weighted by Crippen LogP contribution is 2.28. The van der Waals surface area contributed by atoms with Crippen LogP contribution in [0.5, 0.6) is 5.75 Å². The van der Waals surface area contributed by atoms with Crippen molar-refractivity contribution in [3.63, 3.8) is 0 Å². The summed E-state index contributed by atoms with van der Waals surface area (Å²) in [7, 11) is 0. The van der Waals surface area contributed by atoms with E-state index < -0.39 is 6.36 Å². The van der Waals surface area contributed by atoms with E-state index in [1.54, 1.807) is 24.3 Å². The number of hydrogen-bond acceptors (Lipinski definition) is 2. The maximum Gasteiger partial charge on any atom is 0.573 e. The molecule has 0 bridgehead atoms. The molecular formula is C31H31F4NO. The molecule has 0 fully saturated rings. The summed E-state index contributed by atoms with van der Waals surface area (Å²) < 4.78 is 56.1. The van der Waals surface area contributed by atoms with Crippen LogP contribution in [0, 0.1) is 5.82 Å². The van der Waals surface area contributed by atoms with E-state index in [0.717, 1.165) is 28.6 Å². The number of ether oxygens (including phenoxy) is 1. The normalized spacial score (nSPS) is 11.7. The molecule has 1 aromatic heterocycles. The van der Waals surface area contributed by atoms with Gasteiger partial charge in [0, 0.05) is 17.1 Å². The maximum absolute atomic E-state index is 15.2. The molecule has 0 saturated heterocycles. The summed E-state index contributed by atoms with van der Waals surface area (Å²) >= 11 is 0. The van der Waals surface area contributed by atoms with Gasteiger partial charge >= 0.3 is 6.36 Å². The van der Waals surface area contributed by atoms with Crippen LogP contribution in [0.2, 0.25) is 0 Å². The number of pyridine rings is 1. The zero-order valence-corrected chi connectivity index (χ0v) is 21.0. The Morgan fingerprint density at radius 3 is 2.22 bits per heavy atom. The zero-order chi connectivity index (χ0) is 26.3. The molecule has 3 aromatic carbocycles. The summed E-state index contributed by atoms with van der Waals surface area (Å²) in [5.41, 5.74) is 4.41. The SMILES string of the molecule is CCCCCCCc1ccc(-c2ccc3c(F)c(CCc4ccc(OC(F)(F)F)cc4)ccc3c2)nc1. The minimum Gasteiger partial charge on any atom is -0.406 e. The number of hydrogen-bond donors (Lipinski definition) is 0. The van der Waals surface area contributed by atoms with Crippen LogP contribution in [0.25, 0.3) is 22.0 Å².